The summed E-state index contributed by atoms with van der Waals surface area (Å²) in [7, 11) is 0. The molecule has 0 aliphatic heterocycles. The van der Waals surface area contributed by atoms with Gasteiger partial charge in [0.05, 0.1) is 21.5 Å². The number of benzene rings is 1. The summed E-state index contributed by atoms with van der Waals surface area (Å²) in [5, 5.41) is 15.8. The molecule has 0 fully saturated rings. The number of aliphatic hydroxyl groups is 1. The second-order valence-electron chi connectivity index (χ2n) is 5.88. The Morgan fingerprint density at radius 2 is 2.14 bits per heavy atom. The number of fused-ring (bicyclic) bond motifs is 1. The van der Waals surface area contributed by atoms with Gasteiger partial charge in [0, 0.05) is 13.0 Å². The Kier molecular flexibility index (Phi) is 3.93. The predicted molar refractivity (Wildman–Crippen MR) is 87.3 cm³/mol. The molecule has 4 heteroatoms. The van der Waals surface area contributed by atoms with E-state index in [9.17, 15) is 5.11 Å². The van der Waals surface area contributed by atoms with Crippen LogP contribution < -0.4 is 0 Å². The molecule has 2 aromatic rings. The fourth-order valence-corrected chi connectivity index (χ4v) is 3.82. The third-order valence-corrected chi connectivity index (χ3v) is 5.50. The van der Waals surface area contributed by atoms with Gasteiger partial charge in [-0.05, 0) is 60.2 Å². The average Bonchev–Trinajstić information content (AvgIpc) is 2.75. The van der Waals surface area contributed by atoms with Crippen LogP contribution in [0.2, 0.25) is 0 Å². The lowest BCUT2D eigenvalue weighted by Gasteiger charge is -2.34. The van der Waals surface area contributed by atoms with Gasteiger partial charge in [0.25, 0.3) is 0 Å². The predicted octanol–water partition coefficient (Wildman–Crippen LogP) is 3.74. The number of rotatable bonds is 3. The van der Waals surface area contributed by atoms with Crippen LogP contribution >= 0.6 is 15.9 Å². The van der Waals surface area contributed by atoms with Gasteiger partial charge in [0.2, 0.25) is 0 Å². The van der Waals surface area contributed by atoms with Crippen molar-refractivity contribution in [3.63, 3.8) is 0 Å². The van der Waals surface area contributed by atoms with Gasteiger partial charge >= 0.3 is 0 Å². The van der Waals surface area contributed by atoms with E-state index in [2.05, 4.69) is 46.2 Å². The second kappa shape index (κ2) is 5.58. The monoisotopic (exact) mass is 348 g/mol. The van der Waals surface area contributed by atoms with E-state index < -0.39 is 5.60 Å². The number of hydrogen-bond donors (Lipinski definition) is 1. The van der Waals surface area contributed by atoms with Gasteiger partial charge in [0.1, 0.15) is 0 Å². The number of nitrogens with zero attached hydrogens (tertiary/aromatic N) is 2. The molecule has 3 rings (SSSR count). The second-order valence-corrected chi connectivity index (χ2v) is 6.67. The summed E-state index contributed by atoms with van der Waals surface area (Å²) < 4.78 is 3.02. The van der Waals surface area contributed by atoms with Crippen LogP contribution in [0, 0.1) is 6.92 Å². The van der Waals surface area contributed by atoms with Gasteiger partial charge in [-0.1, -0.05) is 24.3 Å². The highest BCUT2D eigenvalue weighted by Crippen LogP contribution is 2.39. The molecule has 0 radical (unpaired) electrons. The maximum atomic E-state index is 11.3. The molecule has 1 aromatic carbocycles. The first-order chi connectivity index (χ1) is 10.0. The lowest BCUT2D eigenvalue weighted by atomic mass is 9.76. The largest absolute Gasteiger partial charge is 0.385 e. The van der Waals surface area contributed by atoms with Gasteiger partial charge < -0.3 is 5.11 Å². The summed E-state index contributed by atoms with van der Waals surface area (Å²) in [6.45, 7) is 4.90. The Labute approximate surface area is 134 Å². The third kappa shape index (κ3) is 2.55. The lowest BCUT2D eigenvalue weighted by molar-refractivity contribution is 0.0169. The van der Waals surface area contributed by atoms with Crippen molar-refractivity contribution in [2.75, 3.05) is 0 Å². The molecule has 21 heavy (non-hydrogen) atoms. The van der Waals surface area contributed by atoms with Crippen molar-refractivity contribution < 1.29 is 5.11 Å². The maximum absolute atomic E-state index is 11.3. The van der Waals surface area contributed by atoms with Crippen LogP contribution in [0.15, 0.2) is 28.7 Å². The maximum Gasteiger partial charge on any atom is 0.0954 e. The SMILES string of the molecule is CCn1nc(C)c(Br)c1CC1(O)CCCc2ccccc21. The molecule has 1 aliphatic rings. The van der Waals surface area contributed by atoms with Crippen molar-refractivity contribution in [1.29, 1.82) is 0 Å². The Balaban J connectivity index is 2.02. The fraction of sp³-hybridized carbons (Fsp3) is 0.471. The topological polar surface area (TPSA) is 38.0 Å². The molecule has 0 saturated carbocycles. The van der Waals surface area contributed by atoms with Crippen molar-refractivity contribution in [3.8, 4) is 0 Å². The van der Waals surface area contributed by atoms with Crippen molar-refractivity contribution in [2.24, 2.45) is 0 Å². The molecule has 0 spiro atoms. The van der Waals surface area contributed by atoms with Gasteiger partial charge in [-0.2, -0.15) is 5.10 Å². The van der Waals surface area contributed by atoms with Gasteiger partial charge in [-0.3, -0.25) is 4.68 Å². The molecule has 112 valence electrons. The highest BCUT2D eigenvalue weighted by atomic mass is 79.9. The lowest BCUT2D eigenvalue weighted by Crippen LogP contribution is -2.34. The molecule has 1 heterocycles. The Morgan fingerprint density at radius 1 is 1.38 bits per heavy atom. The van der Waals surface area contributed by atoms with Crippen LogP contribution in [0.1, 0.15) is 42.3 Å². The molecule has 0 amide bonds. The van der Waals surface area contributed by atoms with E-state index in [0.717, 1.165) is 47.2 Å². The van der Waals surface area contributed by atoms with E-state index in [1.54, 1.807) is 0 Å². The minimum atomic E-state index is -0.781. The standard InChI is InChI=1S/C17H21BrN2O/c1-3-20-15(16(18)12(2)19-20)11-17(21)10-6-8-13-7-4-5-9-14(13)17/h4-5,7,9,21H,3,6,8,10-11H2,1-2H3. The average molecular weight is 349 g/mol. The molecule has 1 aromatic heterocycles. The van der Waals surface area contributed by atoms with Gasteiger partial charge in [-0.15, -0.1) is 0 Å². The number of aromatic nitrogens is 2. The molecular formula is C17H21BrN2O. The van der Waals surface area contributed by atoms with E-state index in [-0.39, 0.29) is 0 Å². The number of halogens is 1. The van der Waals surface area contributed by atoms with Crippen LogP contribution in [-0.4, -0.2) is 14.9 Å². The zero-order valence-corrected chi connectivity index (χ0v) is 14.2. The molecule has 0 bridgehead atoms. The zero-order chi connectivity index (χ0) is 15.0. The van der Waals surface area contributed by atoms with E-state index in [1.807, 2.05) is 17.7 Å². The molecule has 1 unspecified atom stereocenters. The van der Waals surface area contributed by atoms with Crippen molar-refractivity contribution in [3.05, 3.63) is 51.3 Å². The first-order valence-electron chi connectivity index (χ1n) is 7.57. The van der Waals surface area contributed by atoms with Crippen molar-refractivity contribution >= 4 is 15.9 Å². The molecule has 1 atom stereocenters. The Hall–Kier alpha value is -1.13. The van der Waals surface area contributed by atoms with Gasteiger partial charge in [-0.25, -0.2) is 0 Å². The Bertz CT molecular complexity index is 665. The van der Waals surface area contributed by atoms with Crippen LogP contribution in [0.5, 0.6) is 0 Å². The number of aryl methyl sites for hydroxylation is 3. The summed E-state index contributed by atoms with van der Waals surface area (Å²) in [6, 6.07) is 8.28. The minimum absolute atomic E-state index is 0.610. The highest BCUT2D eigenvalue weighted by molar-refractivity contribution is 9.10. The summed E-state index contributed by atoms with van der Waals surface area (Å²) >= 11 is 3.64. The molecule has 0 saturated heterocycles. The van der Waals surface area contributed by atoms with Crippen LogP contribution in [0.25, 0.3) is 0 Å². The first kappa shape index (κ1) is 14.8. The minimum Gasteiger partial charge on any atom is -0.385 e. The van der Waals surface area contributed by atoms with E-state index in [4.69, 9.17) is 0 Å². The van der Waals surface area contributed by atoms with Crippen molar-refractivity contribution in [1.82, 2.24) is 9.78 Å². The normalized spacial score (nSPS) is 21.3. The van der Waals surface area contributed by atoms with Crippen LogP contribution in [0.4, 0.5) is 0 Å². The Morgan fingerprint density at radius 3 is 2.90 bits per heavy atom. The van der Waals surface area contributed by atoms with E-state index >= 15 is 0 Å². The first-order valence-corrected chi connectivity index (χ1v) is 8.37. The molecular weight excluding hydrogens is 328 g/mol. The summed E-state index contributed by atoms with van der Waals surface area (Å²) in [5.74, 6) is 0. The van der Waals surface area contributed by atoms with Gasteiger partial charge in [0.15, 0.2) is 0 Å². The highest BCUT2D eigenvalue weighted by Gasteiger charge is 2.36. The smallest absolute Gasteiger partial charge is 0.0954 e. The van der Waals surface area contributed by atoms with Crippen LogP contribution in [0.3, 0.4) is 0 Å². The summed E-state index contributed by atoms with van der Waals surface area (Å²) in [6.07, 6.45) is 3.51. The van der Waals surface area contributed by atoms with E-state index in [0.29, 0.717) is 6.42 Å². The van der Waals surface area contributed by atoms with Crippen LogP contribution in [-0.2, 0) is 25.0 Å². The summed E-state index contributed by atoms with van der Waals surface area (Å²) in [5.41, 5.74) is 3.66. The molecule has 1 aliphatic carbocycles. The fourth-order valence-electron chi connectivity index (χ4n) is 3.40. The molecule has 3 nitrogen and oxygen atoms in total. The third-order valence-electron chi connectivity index (χ3n) is 4.47. The van der Waals surface area contributed by atoms with Crippen molar-refractivity contribution in [2.45, 2.75) is 51.7 Å². The zero-order valence-electron chi connectivity index (χ0n) is 12.6. The number of hydrogen-bond acceptors (Lipinski definition) is 2. The van der Waals surface area contributed by atoms with E-state index in [1.165, 1.54) is 5.56 Å². The molecule has 1 N–H and O–H groups in total. The quantitative estimate of drug-likeness (QED) is 0.917. The summed E-state index contributed by atoms with van der Waals surface area (Å²) in [4.78, 5) is 0.